The lowest BCUT2D eigenvalue weighted by atomic mass is 9.84. The number of rotatable bonds is 4. The first-order chi connectivity index (χ1) is 10.9. The Morgan fingerprint density at radius 3 is 2.35 bits per heavy atom. The largest absolute Gasteiger partial charge is 0.462 e. The summed E-state index contributed by atoms with van der Waals surface area (Å²) in [6.45, 7) is 11.7. The second kappa shape index (κ2) is 6.52. The third kappa shape index (κ3) is 3.86. The summed E-state index contributed by atoms with van der Waals surface area (Å²) < 4.78 is 5.49. The van der Waals surface area contributed by atoms with Crippen LogP contribution in [0.3, 0.4) is 0 Å². The van der Waals surface area contributed by atoms with E-state index in [4.69, 9.17) is 4.74 Å². The van der Waals surface area contributed by atoms with Crippen LogP contribution in [0.4, 0.5) is 5.69 Å². The van der Waals surface area contributed by atoms with Crippen LogP contribution in [0.1, 0.15) is 32.3 Å². The molecule has 0 aliphatic carbocycles. The zero-order chi connectivity index (χ0) is 16.4. The Kier molecular flexibility index (Phi) is 4.62. The summed E-state index contributed by atoms with van der Waals surface area (Å²) in [4.78, 5) is 16.4. The number of cyclic esters (lactones) is 1. The van der Waals surface area contributed by atoms with E-state index < -0.39 is 0 Å². The van der Waals surface area contributed by atoms with Crippen LogP contribution in [-0.4, -0.2) is 49.7 Å². The topological polar surface area (TPSA) is 32.8 Å². The van der Waals surface area contributed by atoms with Gasteiger partial charge < -0.3 is 9.64 Å². The van der Waals surface area contributed by atoms with Crippen molar-refractivity contribution in [3.63, 3.8) is 0 Å². The number of carbonyl (C=O) groups excluding carboxylic acids is 1. The van der Waals surface area contributed by atoms with Crippen molar-refractivity contribution in [1.82, 2.24) is 4.90 Å². The standard InChI is InChI=1S/C19H28N2O2/c1-15-4-6-16(7-5-15)21-12-10-20(11-13-21)9-8-17-19(2,3)14-18(22)23-17/h4-7,17H,8-14H2,1-3H3/t17-/m1/s1. The van der Waals surface area contributed by atoms with E-state index in [0.717, 1.165) is 39.1 Å². The molecule has 1 atom stereocenters. The van der Waals surface area contributed by atoms with E-state index in [1.54, 1.807) is 0 Å². The second-order valence-corrected chi connectivity index (χ2v) is 7.60. The Bertz CT molecular complexity index is 545. The quantitative estimate of drug-likeness (QED) is 0.800. The van der Waals surface area contributed by atoms with Crippen molar-refractivity contribution >= 4 is 11.7 Å². The van der Waals surface area contributed by atoms with Gasteiger partial charge in [0.15, 0.2) is 0 Å². The number of aryl methyl sites for hydroxylation is 1. The van der Waals surface area contributed by atoms with Crippen molar-refractivity contribution in [1.29, 1.82) is 0 Å². The van der Waals surface area contributed by atoms with Crippen molar-refractivity contribution in [2.75, 3.05) is 37.6 Å². The molecule has 126 valence electrons. The van der Waals surface area contributed by atoms with E-state index in [1.165, 1.54) is 11.3 Å². The molecule has 2 aliphatic heterocycles. The molecule has 1 aromatic carbocycles. The second-order valence-electron chi connectivity index (χ2n) is 7.60. The fraction of sp³-hybridized carbons (Fsp3) is 0.632. The normalized spacial score (nSPS) is 24.7. The SMILES string of the molecule is Cc1ccc(N2CCN(CC[C@H]3OC(=O)CC3(C)C)CC2)cc1. The number of anilines is 1. The number of nitrogens with zero attached hydrogens (tertiary/aromatic N) is 2. The zero-order valence-corrected chi connectivity index (χ0v) is 14.5. The van der Waals surface area contributed by atoms with E-state index in [0.29, 0.717) is 6.42 Å². The van der Waals surface area contributed by atoms with E-state index in [2.05, 4.69) is 54.8 Å². The minimum absolute atomic E-state index is 0.0131. The van der Waals surface area contributed by atoms with Crippen molar-refractivity contribution in [2.24, 2.45) is 5.41 Å². The van der Waals surface area contributed by atoms with Crippen LogP contribution in [0.2, 0.25) is 0 Å². The molecule has 2 heterocycles. The minimum atomic E-state index is -0.0378. The van der Waals surface area contributed by atoms with Gasteiger partial charge in [0.2, 0.25) is 0 Å². The van der Waals surface area contributed by atoms with Gasteiger partial charge in [-0.2, -0.15) is 0 Å². The Hall–Kier alpha value is -1.55. The lowest BCUT2D eigenvalue weighted by Crippen LogP contribution is -2.47. The fourth-order valence-corrected chi connectivity index (χ4v) is 3.58. The van der Waals surface area contributed by atoms with Crippen molar-refractivity contribution in [2.45, 2.75) is 39.7 Å². The van der Waals surface area contributed by atoms with Crippen LogP contribution in [0, 0.1) is 12.3 Å². The summed E-state index contributed by atoms with van der Waals surface area (Å²) in [6, 6.07) is 8.79. The van der Waals surface area contributed by atoms with Crippen LogP contribution >= 0.6 is 0 Å². The number of hydrogen-bond acceptors (Lipinski definition) is 4. The maximum Gasteiger partial charge on any atom is 0.306 e. The number of ether oxygens (including phenoxy) is 1. The van der Waals surface area contributed by atoms with Crippen LogP contribution in [-0.2, 0) is 9.53 Å². The number of carbonyl (C=O) groups is 1. The number of piperazine rings is 1. The number of hydrogen-bond donors (Lipinski definition) is 0. The Morgan fingerprint density at radius 2 is 1.78 bits per heavy atom. The fourth-order valence-electron chi connectivity index (χ4n) is 3.58. The lowest BCUT2D eigenvalue weighted by Gasteiger charge is -2.37. The first-order valence-electron chi connectivity index (χ1n) is 8.67. The highest BCUT2D eigenvalue weighted by molar-refractivity contribution is 5.72. The third-order valence-electron chi connectivity index (χ3n) is 5.22. The van der Waals surface area contributed by atoms with Gasteiger partial charge in [0.05, 0.1) is 6.42 Å². The summed E-state index contributed by atoms with van der Waals surface area (Å²) in [7, 11) is 0. The molecule has 0 spiro atoms. The maximum absolute atomic E-state index is 11.5. The molecule has 3 rings (SSSR count). The Balaban J connectivity index is 1.46. The zero-order valence-electron chi connectivity index (χ0n) is 14.5. The van der Waals surface area contributed by atoms with Gasteiger partial charge in [0.25, 0.3) is 0 Å². The van der Waals surface area contributed by atoms with Gasteiger partial charge in [-0.3, -0.25) is 9.69 Å². The molecule has 0 bridgehead atoms. The smallest absolute Gasteiger partial charge is 0.306 e. The first kappa shape index (κ1) is 16.3. The van der Waals surface area contributed by atoms with Crippen LogP contribution < -0.4 is 4.90 Å². The molecule has 0 aromatic heterocycles. The Labute approximate surface area is 139 Å². The highest BCUT2D eigenvalue weighted by Crippen LogP contribution is 2.36. The van der Waals surface area contributed by atoms with Gasteiger partial charge in [0, 0.05) is 43.8 Å². The molecule has 4 nitrogen and oxygen atoms in total. The van der Waals surface area contributed by atoms with Gasteiger partial charge in [-0.05, 0) is 25.5 Å². The van der Waals surface area contributed by atoms with Crippen molar-refractivity contribution in [3.05, 3.63) is 29.8 Å². The summed E-state index contributed by atoms with van der Waals surface area (Å²) in [5.41, 5.74) is 2.61. The maximum atomic E-state index is 11.5. The lowest BCUT2D eigenvalue weighted by molar-refractivity contribution is -0.142. The van der Waals surface area contributed by atoms with Crippen molar-refractivity contribution in [3.8, 4) is 0 Å². The predicted molar refractivity (Wildman–Crippen MR) is 92.7 cm³/mol. The monoisotopic (exact) mass is 316 g/mol. The van der Waals surface area contributed by atoms with Crippen molar-refractivity contribution < 1.29 is 9.53 Å². The predicted octanol–water partition coefficient (Wildman–Crippen LogP) is 2.85. The van der Waals surface area contributed by atoms with E-state index in [1.807, 2.05) is 0 Å². The molecule has 0 saturated carbocycles. The first-order valence-corrected chi connectivity index (χ1v) is 8.67. The van der Waals surface area contributed by atoms with Gasteiger partial charge >= 0.3 is 5.97 Å². The number of esters is 1. The van der Waals surface area contributed by atoms with Gasteiger partial charge in [0.1, 0.15) is 6.10 Å². The van der Waals surface area contributed by atoms with Crippen LogP contribution in [0.25, 0.3) is 0 Å². The molecular weight excluding hydrogens is 288 g/mol. The summed E-state index contributed by atoms with van der Waals surface area (Å²) >= 11 is 0. The van der Waals surface area contributed by atoms with Crippen LogP contribution in [0.5, 0.6) is 0 Å². The van der Waals surface area contributed by atoms with E-state index >= 15 is 0 Å². The molecule has 0 N–H and O–H groups in total. The van der Waals surface area contributed by atoms with Gasteiger partial charge in [-0.25, -0.2) is 0 Å². The summed E-state index contributed by atoms with van der Waals surface area (Å²) in [5, 5.41) is 0. The molecule has 0 unspecified atom stereocenters. The molecule has 0 amide bonds. The summed E-state index contributed by atoms with van der Waals surface area (Å²) in [6.07, 6.45) is 1.58. The molecule has 1 aromatic rings. The molecule has 23 heavy (non-hydrogen) atoms. The van der Waals surface area contributed by atoms with E-state index in [-0.39, 0.29) is 17.5 Å². The summed E-state index contributed by atoms with van der Waals surface area (Å²) in [5.74, 6) is -0.0378. The molecule has 0 radical (unpaired) electrons. The van der Waals surface area contributed by atoms with Gasteiger partial charge in [-0.15, -0.1) is 0 Å². The molecular formula is C19H28N2O2. The average Bonchev–Trinajstić information content (AvgIpc) is 2.78. The average molecular weight is 316 g/mol. The Morgan fingerprint density at radius 1 is 1.13 bits per heavy atom. The van der Waals surface area contributed by atoms with Gasteiger partial charge in [-0.1, -0.05) is 31.5 Å². The number of benzene rings is 1. The highest BCUT2D eigenvalue weighted by atomic mass is 16.6. The molecule has 2 fully saturated rings. The molecule has 4 heteroatoms. The molecule has 2 aliphatic rings. The molecule has 2 saturated heterocycles. The van der Waals surface area contributed by atoms with E-state index in [9.17, 15) is 4.79 Å². The minimum Gasteiger partial charge on any atom is -0.462 e. The van der Waals surface area contributed by atoms with Crippen LogP contribution in [0.15, 0.2) is 24.3 Å². The third-order valence-corrected chi connectivity index (χ3v) is 5.22. The highest BCUT2D eigenvalue weighted by Gasteiger charge is 2.41.